The first kappa shape index (κ1) is 18.9. The van der Waals surface area contributed by atoms with E-state index in [-0.39, 0.29) is 30.2 Å². The number of hydrogen-bond acceptors (Lipinski definition) is 4. The van der Waals surface area contributed by atoms with E-state index in [9.17, 15) is 9.59 Å². The third-order valence-corrected chi connectivity index (χ3v) is 5.02. The fourth-order valence-electron chi connectivity index (χ4n) is 3.64. The Hall–Kier alpha value is -2.83. The van der Waals surface area contributed by atoms with Crippen molar-refractivity contribution in [1.29, 1.82) is 0 Å². The van der Waals surface area contributed by atoms with E-state index in [1.165, 1.54) is 0 Å². The number of hydrogen-bond donors (Lipinski definition) is 1. The van der Waals surface area contributed by atoms with Gasteiger partial charge in [-0.2, -0.15) is 0 Å². The zero-order valence-corrected chi connectivity index (χ0v) is 15.8. The van der Waals surface area contributed by atoms with Gasteiger partial charge in [0, 0.05) is 38.4 Å². The predicted molar refractivity (Wildman–Crippen MR) is 101 cm³/mol. The van der Waals surface area contributed by atoms with Gasteiger partial charge in [0.05, 0.1) is 25.4 Å². The number of aromatic nitrogens is 2. The van der Waals surface area contributed by atoms with E-state index in [2.05, 4.69) is 10.3 Å². The Bertz CT molecular complexity index is 758. The molecule has 0 saturated carbocycles. The largest absolute Gasteiger partial charge is 0.497 e. The molecule has 0 spiro atoms. The standard InChI is InChI=1S/C20H26N4O3/c1-3-24-18(25)13-17(19(24)15-5-7-16(27-2)8-6-15)20(26)22-9-4-11-23-12-10-21-14-23/h5-8,10,12,14,17,19H,3-4,9,11,13H2,1-2H3,(H,22,26)/t17-,19+/m1/s1. The third kappa shape index (κ3) is 4.30. The van der Waals surface area contributed by atoms with Gasteiger partial charge in [-0.3, -0.25) is 9.59 Å². The van der Waals surface area contributed by atoms with Crippen LogP contribution < -0.4 is 10.1 Å². The van der Waals surface area contributed by atoms with Crippen molar-refractivity contribution >= 4 is 11.8 Å². The number of aryl methyl sites for hydroxylation is 1. The SMILES string of the molecule is CCN1C(=O)C[C@@H](C(=O)NCCCn2ccnc2)[C@@H]1c1ccc(OC)cc1. The minimum atomic E-state index is -0.376. The van der Waals surface area contributed by atoms with Crippen molar-refractivity contribution in [2.24, 2.45) is 5.92 Å². The van der Waals surface area contributed by atoms with Crippen LogP contribution >= 0.6 is 0 Å². The summed E-state index contributed by atoms with van der Waals surface area (Å²) in [4.78, 5) is 31.0. The van der Waals surface area contributed by atoms with Crippen LogP contribution in [0.5, 0.6) is 5.75 Å². The van der Waals surface area contributed by atoms with Gasteiger partial charge in [-0.05, 0) is 31.0 Å². The Kier molecular flexibility index (Phi) is 6.11. The molecule has 1 saturated heterocycles. The molecule has 0 unspecified atom stereocenters. The molecular weight excluding hydrogens is 344 g/mol. The number of ether oxygens (including phenoxy) is 1. The highest BCUT2D eigenvalue weighted by molar-refractivity contribution is 5.90. The lowest BCUT2D eigenvalue weighted by Crippen LogP contribution is -2.36. The molecule has 2 amide bonds. The molecule has 2 atom stereocenters. The van der Waals surface area contributed by atoms with Gasteiger partial charge in [0.15, 0.2) is 0 Å². The molecule has 7 heteroatoms. The lowest BCUT2D eigenvalue weighted by Gasteiger charge is -2.27. The molecular formula is C20H26N4O3. The molecule has 0 aliphatic carbocycles. The van der Waals surface area contributed by atoms with Crippen LogP contribution in [0.25, 0.3) is 0 Å². The predicted octanol–water partition coefficient (Wildman–Crippen LogP) is 2.01. The molecule has 2 heterocycles. The van der Waals surface area contributed by atoms with Gasteiger partial charge in [0.1, 0.15) is 5.75 Å². The fraction of sp³-hybridized carbons (Fsp3) is 0.450. The van der Waals surface area contributed by atoms with Crippen LogP contribution in [0.2, 0.25) is 0 Å². The van der Waals surface area contributed by atoms with E-state index in [1.807, 2.05) is 42.0 Å². The summed E-state index contributed by atoms with van der Waals surface area (Å²) < 4.78 is 7.19. The molecule has 0 bridgehead atoms. The van der Waals surface area contributed by atoms with Gasteiger partial charge in [-0.1, -0.05) is 12.1 Å². The molecule has 1 N–H and O–H groups in total. The maximum atomic E-state index is 12.8. The summed E-state index contributed by atoms with van der Waals surface area (Å²) in [6, 6.07) is 7.37. The van der Waals surface area contributed by atoms with Gasteiger partial charge < -0.3 is 19.5 Å². The highest BCUT2D eigenvalue weighted by Gasteiger charge is 2.43. The van der Waals surface area contributed by atoms with Crippen LogP contribution in [0.4, 0.5) is 0 Å². The molecule has 1 fully saturated rings. The van der Waals surface area contributed by atoms with Gasteiger partial charge in [0.25, 0.3) is 0 Å². The first-order chi connectivity index (χ1) is 13.1. The summed E-state index contributed by atoms with van der Waals surface area (Å²) in [6.45, 7) is 3.90. The number of nitrogens with zero attached hydrogens (tertiary/aromatic N) is 3. The topological polar surface area (TPSA) is 76.5 Å². The van der Waals surface area contributed by atoms with Crippen LogP contribution in [0.15, 0.2) is 43.0 Å². The van der Waals surface area contributed by atoms with Crippen molar-refractivity contribution in [2.75, 3.05) is 20.2 Å². The van der Waals surface area contributed by atoms with E-state index >= 15 is 0 Å². The number of amides is 2. The van der Waals surface area contributed by atoms with Gasteiger partial charge in [-0.25, -0.2) is 4.98 Å². The third-order valence-electron chi connectivity index (χ3n) is 5.02. The summed E-state index contributed by atoms with van der Waals surface area (Å²) in [5.41, 5.74) is 0.960. The number of imidazole rings is 1. The Morgan fingerprint density at radius 2 is 2.11 bits per heavy atom. The highest BCUT2D eigenvalue weighted by atomic mass is 16.5. The van der Waals surface area contributed by atoms with E-state index in [4.69, 9.17) is 4.74 Å². The number of likely N-dealkylation sites (tertiary alicyclic amines) is 1. The van der Waals surface area contributed by atoms with Crippen molar-refractivity contribution < 1.29 is 14.3 Å². The summed E-state index contributed by atoms with van der Waals surface area (Å²) >= 11 is 0. The summed E-state index contributed by atoms with van der Waals surface area (Å²) in [5.74, 6) is 0.341. The molecule has 7 nitrogen and oxygen atoms in total. The number of carbonyl (C=O) groups is 2. The summed E-state index contributed by atoms with van der Waals surface area (Å²) in [6.07, 6.45) is 6.46. The smallest absolute Gasteiger partial charge is 0.226 e. The molecule has 0 radical (unpaired) electrons. The molecule has 27 heavy (non-hydrogen) atoms. The zero-order valence-electron chi connectivity index (χ0n) is 15.8. The number of benzene rings is 1. The highest BCUT2D eigenvalue weighted by Crippen LogP contribution is 2.38. The zero-order chi connectivity index (χ0) is 19.2. The lowest BCUT2D eigenvalue weighted by atomic mass is 9.92. The first-order valence-corrected chi connectivity index (χ1v) is 9.31. The second kappa shape index (κ2) is 8.70. The van der Waals surface area contributed by atoms with E-state index < -0.39 is 0 Å². The Balaban J connectivity index is 1.65. The Morgan fingerprint density at radius 1 is 1.33 bits per heavy atom. The minimum absolute atomic E-state index is 0.0249. The lowest BCUT2D eigenvalue weighted by molar-refractivity contribution is -0.129. The van der Waals surface area contributed by atoms with Gasteiger partial charge >= 0.3 is 0 Å². The molecule has 1 aromatic heterocycles. The van der Waals surface area contributed by atoms with E-state index in [0.717, 1.165) is 24.3 Å². The first-order valence-electron chi connectivity index (χ1n) is 9.31. The average Bonchev–Trinajstić information content (AvgIpc) is 3.32. The molecule has 1 aromatic carbocycles. The number of rotatable bonds is 8. The molecule has 1 aliphatic rings. The summed E-state index contributed by atoms with van der Waals surface area (Å²) in [7, 11) is 1.62. The second-order valence-corrected chi connectivity index (χ2v) is 6.65. The normalized spacial score (nSPS) is 19.3. The van der Waals surface area contributed by atoms with Crippen molar-refractivity contribution in [3.63, 3.8) is 0 Å². The van der Waals surface area contributed by atoms with Crippen molar-refractivity contribution in [3.05, 3.63) is 48.5 Å². The maximum absolute atomic E-state index is 12.8. The van der Waals surface area contributed by atoms with Crippen LogP contribution in [-0.4, -0.2) is 46.5 Å². The number of nitrogens with one attached hydrogen (secondary N) is 1. The quantitative estimate of drug-likeness (QED) is 0.721. The number of carbonyl (C=O) groups excluding carboxylic acids is 2. The van der Waals surface area contributed by atoms with Crippen molar-refractivity contribution in [3.8, 4) is 5.75 Å². The molecule has 144 valence electrons. The molecule has 2 aromatic rings. The number of methoxy groups -OCH3 is 1. The van der Waals surface area contributed by atoms with Gasteiger partial charge in [-0.15, -0.1) is 0 Å². The minimum Gasteiger partial charge on any atom is -0.497 e. The van der Waals surface area contributed by atoms with Crippen LogP contribution in [0.3, 0.4) is 0 Å². The average molecular weight is 370 g/mol. The molecule has 1 aliphatic heterocycles. The van der Waals surface area contributed by atoms with E-state index in [1.54, 1.807) is 24.5 Å². The maximum Gasteiger partial charge on any atom is 0.226 e. The van der Waals surface area contributed by atoms with Crippen LogP contribution in [0.1, 0.15) is 31.4 Å². The monoisotopic (exact) mass is 370 g/mol. The van der Waals surface area contributed by atoms with E-state index in [0.29, 0.717) is 13.1 Å². The van der Waals surface area contributed by atoms with Crippen LogP contribution in [0, 0.1) is 5.92 Å². The van der Waals surface area contributed by atoms with Crippen LogP contribution in [-0.2, 0) is 16.1 Å². The molecule has 3 rings (SSSR count). The second-order valence-electron chi connectivity index (χ2n) is 6.65. The van der Waals surface area contributed by atoms with Crippen molar-refractivity contribution in [2.45, 2.75) is 32.4 Å². The van der Waals surface area contributed by atoms with Gasteiger partial charge in [0.2, 0.25) is 11.8 Å². The fourth-order valence-corrected chi connectivity index (χ4v) is 3.64. The Morgan fingerprint density at radius 3 is 2.74 bits per heavy atom. The Labute approximate surface area is 159 Å². The summed E-state index contributed by atoms with van der Waals surface area (Å²) in [5, 5.41) is 3.00. The van der Waals surface area contributed by atoms with Crippen molar-refractivity contribution in [1.82, 2.24) is 19.8 Å².